The van der Waals surface area contributed by atoms with Crippen LogP contribution in [0.1, 0.15) is 27.7 Å². The molecule has 0 bridgehead atoms. The minimum atomic E-state index is -1.11. The van der Waals surface area contributed by atoms with Gasteiger partial charge in [0.15, 0.2) is 5.58 Å². The van der Waals surface area contributed by atoms with Crippen LogP contribution in [0.2, 0.25) is 5.02 Å². The number of nitrogens with zero attached hydrogens (tertiary/aromatic N) is 1. The Labute approximate surface area is 145 Å². The first kappa shape index (κ1) is 17.1. The Kier molecular flexibility index (Phi) is 3.86. The van der Waals surface area contributed by atoms with E-state index in [0.717, 1.165) is 10.4 Å². The summed E-state index contributed by atoms with van der Waals surface area (Å²) in [4.78, 5) is 12.1. The summed E-state index contributed by atoms with van der Waals surface area (Å²) < 4.78 is 17.6. The van der Waals surface area contributed by atoms with Crippen LogP contribution in [0.25, 0.3) is 11.0 Å². The number of anilines is 1. The van der Waals surface area contributed by atoms with Gasteiger partial charge >= 0.3 is 13.2 Å². The maximum Gasteiger partial charge on any atom is 0.494 e. The maximum absolute atomic E-state index is 11.1. The summed E-state index contributed by atoms with van der Waals surface area (Å²) >= 11 is 6.31. The lowest BCUT2D eigenvalue weighted by molar-refractivity contribution is 0.00578. The van der Waals surface area contributed by atoms with Gasteiger partial charge in [-0.25, -0.2) is 4.79 Å². The lowest BCUT2D eigenvalue weighted by atomic mass is 9.78. The molecule has 3 rings (SSSR count). The van der Waals surface area contributed by atoms with E-state index in [-0.39, 0.29) is 5.88 Å². The first-order valence-electron chi connectivity index (χ1n) is 7.57. The van der Waals surface area contributed by atoms with Crippen molar-refractivity contribution in [2.45, 2.75) is 38.9 Å². The fourth-order valence-corrected chi connectivity index (χ4v) is 2.77. The third-order valence-electron chi connectivity index (χ3n) is 4.72. The minimum absolute atomic E-state index is 0.200. The molecule has 8 heteroatoms. The zero-order chi connectivity index (χ0) is 17.9. The van der Waals surface area contributed by atoms with Crippen LogP contribution in [0.4, 0.5) is 10.7 Å². The average molecular weight is 352 g/mol. The van der Waals surface area contributed by atoms with Crippen LogP contribution in [0.3, 0.4) is 0 Å². The predicted molar refractivity (Wildman–Crippen MR) is 93.4 cm³/mol. The normalized spacial score (nSPS) is 19.0. The van der Waals surface area contributed by atoms with Crippen molar-refractivity contribution in [1.82, 2.24) is 0 Å². The molecular formula is C16H19BClNO5. The molecule has 1 N–H and O–H groups in total. The first-order chi connectivity index (χ1) is 11.0. The highest BCUT2D eigenvalue weighted by Crippen LogP contribution is 2.37. The topological polar surface area (TPSA) is 72.1 Å². The summed E-state index contributed by atoms with van der Waals surface area (Å²) in [5.74, 6) is 0.200. The largest absolute Gasteiger partial charge is 0.494 e. The molecule has 1 aromatic carbocycles. The van der Waals surface area contributed by atoms with Gasteiger partial charge in [-0.3, -0.25) is 4.90 Å². The Bertz CT molecular complexity index is 800. The SMILES string of the molecule is CN(C(=O)O)c1cc2cc(B3OC(C)(C)C(C)(C)O3)cc(Cl)c2o1. The van der Waals surface area contributed by atoms with Crippen LogP contribution in [-0.4, -0.2) is 36.6 Å². The summed E-state index contributed by atoms with van der Waals surface area (Å²) in [5.41, 5.74) is 0.283. The van der Waals surface area contributed by atoms with Crippen LogP contribution in [0, 0.1) is 0 Å². The van der Waals surface area contributed by atoms with Gasteiger partial charge < -0.3 is 18.8 Å². The van der Waals surface area contributed by atoms with Crippen molar-refractivity contribution in [2.24, 2.45) is 0 Å². The van der Waals surface area contributed by atoms with E-state index in [1.807, 2.05) is 33.8 Å². The number of carbonyl (C=O) groups is 1. The quantitative estimate of drug-likeness (QED) is 0.838. The Morgan fingerprint density at radius 2 is 1.75 bits per heavy atom. The van der Waals surface area contributed by atoms with E-state index in [4.69, 9.17) is 30.4 Å². The van der Waals surface area contributed by atoms with Gasteiger partial charge in [-0.1, -0.05) is 17.7 Å². The molecule has 1 saturated heterocycles. The van der Waals surface area contributed by atoms with Crippen molar-refractivity contribution in [3.05, 3.63) is 23.2 Å². The van der Waals surface area contributed by atoms with E-state index in [1.165, 1.54) is 7.05 Å². The number of halogens is 1. The standard InChI is InChI=1S/C16H19BClNO5/c1-15(2)16(3,4)24-17(23-15)10-6-9-7-12(19(5)14(20)21)22-13(9)11(18)8-10/h6-8H,1-5H3,(H,20,21). The Hall–Kier alpha value is -1.70. The Morgan fingerprint density at radius 1 is 1.17 bits per heavy atom. The van der Waals surface area contributed by atoms with Gasteiger partial charge in [-0.15, -0.1) is 0 Å². The van der Waals surface area contributed by atoms with E-state index in [9.17, 15) is 4.79 Å². The van der Waals surface area contributed by atoms with Crippen molar-refractivity contribution in [3.8, 4) is 0 Å². The average Bonchev–Trinajstić information content (AvgIpc) is 2.97. The van der Waals surface area contributed by atoms with Crippen LogP contribution in [0.5, 0.6) is 0 Å². The molecule has 6 nitrogen and oxygen atoms in total. The van der Waals surface area contributed by atoms with E-state index in [1.54, 1.807) is 12.1 Å². The fraction of sp³-hybridized carbons (Fsp3) is 0.438. The number of hydrogen-bond donors (Lipinski definition) is 1. The summed E-state index contributed by atoms with van der Waals surface area (Å²) in [6.07, 6.45) is -1.11. The zero-order valence-electron chi connectivity index (χ0n) is 14.2. The number of carboxylic acid groups (broad SMARTS) is 1. The molecule has 1 aromatic heterocycles. The van der Waals surface area contributed by atoms with Crippen molar-refractivity contribution in [2.75, 3.05) is 11.9 Å². The number of rotatable bonds is 2. The highest BCUT2D eigenvalue weighted by molar-refractivity contribution is 6.63. The number of furan rings is 1. The molecular weight excluding hydrogens is 332 g/mol. The van der Waals surface area contributed by atoms with E-state index in [0.29, 0.717) is 16.0 Å². The van der Waals surface area contributed by atoms with Gasteiger partial charge in [0.05, 0.1) is 16.2 Å². The number of amides is 1. The highest BCUT2D eigenvalue weighted by atomic mass is 35.5. The maximum atomic E-state index is 11.1. The van der Waals surface area contributed by atoms with Crippen molar-refractivity contribution < 1.29 is 23.6 Å². The van der Waals surface area contributed by atoms with Gasteiger partial charge in [-0.05, 0) is 39.2 Å². The van der Waals surface area contributed by atoms with Crippen molar-refractivity contribution >= 4 is 47.1 Å². The van der Waals surface area contributed by atoms with Gasteiger partial charge in [-0.2, -0.15) is 0 Å². The smallest absolute Gasteiger partial charge is 0.465 e. The molecule has 1 amide bonds. The van der Waals surface area contributed by atoms with Crippen LogP contribution in [0.15, 0.2) is 22.6 Å². The molecule has 2 heterocycles. The summed E-state index contributed by atoms with van der Waals surface area (Å²) in [5, 5.41) is 10.1. The van der Waals surface area contributed by atoms with E-state index < -0.39 is 24.4 Å². The number of hydrogen-bond acceptors (Lipinski definition) is 4. The van der Waals surface area contributed by atoms with E-state index in [2.05, 4.69) is 0 Å². The van der Waals surface area contributed by atoms with Gasteiger partial charge in [0, 0.05) is 18.5 Å². The molecule has 0 atom stereocenters. The van der Waals surface area contributed by atoms with Gasteiger partial charge in [0.1, 0.15) is 0 Å². The molecule has 1 aliphatic heterocycles. The molecule has 128 valence electrons. The highest BCUT2D eigenvalue weighted by Gasteiger charge is 2.51. The predicted octanol–water partition coefficient (Wildman–Crippen LogP) is 3.50. The molecule has 24 heavy (non-hydrogen) atoms. The molecule has 0 radical (unpaired) electrons. The molecule has 0 unspecified atom stereocenters. The summed E-state index contributed by atoms with van der Waals surface area (Å²) in [6, 6.07) is 5.19. The Balaban J connectivity index is 2.01. The third-order valence-corrected chi connectivity index (χ3v) is 5.00. The van der Waals surface area contributed by atoms with Gasteiger partial charge in [0.25, 0.3) is 0 Å². The molecule has 2 aromatic rings. The van der Waals surface area contributed by atoms with Crippen LogP contribution >= 0.6 is 11.6 Å². The van der Waals surface area contributed by atoms with Crippen LogP contribution in [-0.2, 0) is 9.31 Å². The summed E-state index contributed by atoms with van der Waals surface area (Å²) in [7, 11) is 0.857. The number of benzene rings is 1. The van der Waals surface area contributed by atoms with Crippen molar-refractivity contribution in [3.63, 3.8) is 0 Å². The van der Waals surface area contributed by atoms with Crippen molar-refractivity contribution in [1.29, 1.82) is 0 Å². The second-order valence-corrected chi connectivity index (χ2v) is 7.34. The lowest BCUT2D eigenvalue weighted by Gasteiger charge is -2.32. The molecule has 0 saturated carbocycles. The second-order valence-electron chi connectivity index (χ2n) is 6.94. The summed E-state index contributed by atoms with van der Waals surface area (Å²) in [6.45, 7) is 7.91. The zero-order valence-corrected chi connectivity index (χ0v) is 15.0. The molecule has 0 aliphatic carbocycles. The van der Waals surface area contributed by atoms with Gasteiger partial charge in [0.2, 0.25) is 5.88 Å². The third kappa shape index (κ3) is 2.66. The first-order valence-corrected chi connectivity index (χ1v) is 7.95. The van der Waals surface area contributed by atoms with E-state index >= 15 is 0 Å². The minimum Gasteiger partial charge on any atom is -0.465 e. The fourth-order valence-electron chi connectivity index (χ4n) is 2.49. The molecule has 1 aliphatic rings. The Morgan fingerprint density at radius 3 is 2.29 bits per heavy atom. The molecule has 1 fully saturated rings. The monoisotopic (exact) mass is 351 g/mol. The van der Waals surface area contributed by atoms with Crippen LogP contribution < -0.4 is 10.4 Å². The molecule has 0 spiro atoms. The number of fused-ring (bicyclic) bond motifs is 1. The second kappa shape index (κ2) is 5.41. The lowest BCUT2D eigenvalue weighted by Crippen LogP contribution is -2.41.